The maximum absolute atomic E-state index is 14.4. The zero-order chi connectivity index (χ0) is 18.8. The molecule has 0 amide bonds. The highest BCUT2D eigenvalue weighted by molar-refractivity contribution is 7.98. The summed E-state index contributed by atoms with van der Waals surface area (Å²) in [7, 11) is 1.91. The van der Waals surface area contributed by atoms with Gasteiger partial charge >= 0.3 is 5.97 Å². The van der Waals surface area contributed by atoms with E-state index < -0.39 is 5.97 Å². The Balaban J connectivity index is 1.98. The zero-order valence-electron chi connectivity index (χ0n) is 15.1. The summed E-state index contributed by atoms with van der Waals surface area (Å²) in [5.41, 5.74) is 0.653. The molecule has 1 aromatic carbocycles. The lowest BCUT2D eigenvalue weighted by atomic mass is 10.1. The second kappa shape index (κ2) is 7.75. The van der Waals surface area contributed by atoms with Gasteiger partial charge in [0.15, 0.2) is 5.16 Å². The minimum atomic E-state index is -0.412. The molecule has 0 atom stereocenters. The SMILES string of the molecule is CCOC(=O)c1sc2cccc(F)c2c1CSc1nnc(C(C)C)n1C. The van der Waals surface area contributed by atoms with Crippen molar-refractivity contribution in [2.24, 2.45) is 7.05 Å². The predicted octanol–water partition coefficient (Wildman–Crippen LogP) is 4.76. The quantitative estimate of drug-likeness (QED) is 0.446. The molecule has 3 rings (SSSR count). The molecule has 0 saturated carbocycles. The van der Waals surface area contributed by atoms with Gasteiger partial charge in [-0.2, -0.15) is 0 Å². The number of hydrogen-bond acceptors (Lipinski definition) is 6. The summed E-state index contributed by atoms with van der Waals surface area (Å²) in [6.45, 7) is 6.15. The summed E-state index contributed by atoms with van der Waals surface area (Å²) in [5.74, 6) is 0.824. The number of ether oxygens (including phenoxy) is 1. The number of esters is 1. The van der Waals surface area contributed by atoms with Crippen LogP contribution in [0.4, 0.5) is 4.39 Å². The van der Waals surface area contributed by atoms with Crippen LogP contribution < -0.4 is 0 Å². The average molecular weight is 394 g/mol. The summed E-state index contributed by atoms with van der Waals surface area (Å²) >= 11 is 2.70. The Morgan fingerprint density at radius 3 is 2.81 bits per heavy atom. The van der Waals surface area contributed by atoms with Crippen LogP contribution in [0.15, 0.2) is 23.4 Å². The van der Waals surface area contributed by atoms with Crippen LogP contribution in [0.3, 0.4) is 0 Å². The third kappa shape index (κ3) is 3.48. The Hall–Kier alpha value is -1.93. The van der Waals surface area contributed by atoms with Gasteiger partial charge < -0.3 is 9.30 Å². The number of carbonyl (C=O) groups is 1. The number of hydrogen-bond donors (Lipinski definition) is 0. The van der Waals surface area contributed by atoms with Crippen molar-refractivity contribution in [2.75, 3.05) is 6.61 Å². The van der Waals surface area contributed by atoms with Gasteiger partial charge in [-0.3, -0.25) is 0 Å². The van der Waals surface area contributed by atoms with Gasteiger partial charge in [-0.1, -0.05) is 31.7 Å². The van der Waals surface area contributed by atoms with E-state index in [9.17, 15) is 9.18 Å². The molecule has 0 unspecified atom stereocenters. The molecule has 0 aliphatic rings. The van der Waals surface area contributed by atoms with E-state index in [0.29, 0.717) is 21.6 Å². The molecule has 138 valence electrons. The molecule has 26 heavy (non-hydrogen) atoms. The van der Waals surface area contributed by atoms with E-state index in [1.54, 1.807) is 13.0 Å². The van der Waals surface area contributed by atoms with Crippen LogP contribution in [-0.4, -0.2) is 27.3 Å². The van der Waals surface area contributed by atoms with Crippen molar-refractivity contribution in [3.63, 3.8) is 0 Å². The lowest BCUT2D eigenvalue weighted by molar-refractivity contribution is 0.0531. The zero-order valence-corrected chi connectivity index (χ0v) is 16.7. The first-order valence-corrected chi connectivity index (χ1v) is 10.1. The van der Waals surface area contributed by atoms with Gasteiger partial charge in [0, 0.05) is 28.8 Å². The number of fused-ring (bicyclic) bond motifs is 1. The summed E-state index contributed by atoms with van der Waals surface area (Å²) in [6.07, 6.45) is 0. The molecule has 2 aromatic heterocycles. The molecular weight excluding hydrogens is 373 g/mol. The normalized spacial score (nSPS) is 11.5. The highest BCUT2D eigenvalue weighted by atomic mass is 32.2. The largest absolute Gasteiger partial charge is 0.462 e. The second-order valence-corrected chi connectivity index (χ2v) is 8.08. The van der Waals surface area contributed by atoms with Crippen LogP contribution in [0.1, 0.15) is 47.7 Å². The topological polar surface area (TPSA) is 57.0 Å². The van der Waals surface area contributed by atoms with E-state index in [2.05, 4.69) is 24.0 Å². The molecule has 0 radical (unpaired) electrons. The highest BCUT2D eigenvalue weighted by Gasteiger charge is 2.22. The molecular formula is C18H20FN3O2S2. The van der Waals surface area contributed by atoms with Crippen LogP contribution >= 0.6 is 23.1 Å². The standard InChI is InChI=1S/C18H20FN3O2S2/c1-5-24-17(23)15-11(14-12(19)7-6-8-13(14)26-15)9-25-18-21-20-16(10(2)3)22(18)4/h6-8,10H,5,9H2,1-4H3. The third-order valence-corrected chi connectivity index (χ3v) is 6.18. The number of thiophene rings is 1. The number of halogens is 1. The van der Waals surface area contributed by atoms with E-state index in [-0.39, 0.29) is 18.3 Å². The van der Waals surface area contributed by atoms with Crippen molar-refractivity contribution in [1.29, 1.82) is 0 Å². The van der Waals surface area contributed by atoms with E-state index in [1.165, 1.54) is 29.2 Å². The molecule has 0 saturated heterocycles. The summed E-state index contributed by atoms with van der Waals surface area (Å²) in [5, 5.41) is 9.65. The van der Waals surface area contributed by atoms with Crippen LogP contribution in [-0.2, 0) is 17.5 Å². The minimum absolute atomic E-state index is 0.261. The molecule has 0 spiro atoms. The fourth-order valence-corrected chi connectivity index (χ4v) is 4.93. The maximum atomic E-state index is 14.4. The summed E-state index contributed by atoms with van der Waals surface area (Å²) in [6, 6.07) is 4.88. The summed E-state index contributed by atoms with van der Waals surface area (Å²) < 4.78 is 22.3. The smallest absolute Gasteiger partial charge is 0.348 e. The number of thioether (sulfide) groups is 1. The Kier molecular flexibility index (Phi) is 5.62. The first-order chi connectivity index (χ1) is 12.4. The molecule has 5 nitrogen and oxygen atoms in total. The van der Waals surface area contributed by atoms with Gasteiger partial charge in [0.25, 0.3) is 0 Å². The molecule has 2 heterocycles. The number of benzene rings is 1. The van der Waals surface area contributed by atoms with Crippen molar-refractivity contribution in [2.45, 2.75) is 37.6 Å². The maximum Gasteiger partial charge on any atom is 0.348 e. The molecule has 3 aromatic rings. The lowest BCUT2D eigenvalue weighted by Gasteiger charge is -2.07. The van der Waals surface area contributed by atoms with Gasteiger partial charge in [-0.15, -0.1) is 21.5 Å². The van der Waals surface area contributed by atoms with Gasteiger partial charge in [0.1, 0.15) is 16.5 Å². The average Bonchev–Trinajstić information content (AvgIpc) is 3.15. The summed E-state index contributed by atoms with van der Waals surface area (Å²) in [4.78, 5) is 12.8. The molecule has 0 aliphatic carbocycles. The van der Waals surface area contributed by atoms with E-state index in [4.69, 9.17) is 4.74 Å². The first-order valence-electron chi connectivity index (χ1n) is 8.33. The van der Waals surface area contributed by atoms with Gasteiger partial charge in [0.05, 0.1) is 6.61 Å². The molecule has 0 fully saturated rings. The Labute approximate surface area is 159 Å². The van der Waals surface area contributed by atoms with E-state index >= 15 is 0 Å². The Morgan fingerprint density at radius 1 is 1.38 bits per heavy atom. The van der Waals surface area contributed by atoms with Crippen LogP contribution in [0.5, 0.6) is 0 Å². The third-order valence-electron chi connectivity index (χ3n) is 3.95. The second-order valence-electron chi connectivity index (χ2n) is 6.09. The first kappa shape index (κ1) is 18.8. The van der Waals surface area contributed by atoms with Crippen LogP contribution in [0, 0.1) is 5.82 Å². The molecule has 0 aliphatic heterocycles. The Morgan fingerprint density at radius 2 is 2.15 bits per heavy atom. The fraction of sp³-hybridized carbons (Fsp3) is 0.389. The monoisotopic (exact) mass is 393 g/mol. The van der Waals surface area contributed by atoms with Crippen LogP contribution in [0.25, 0.3) is 10.1 Å². The number of rotatable bonds is 6. The van der Waals surface area contributed by atoms with Crippen molar-refractivity contribution >= 4 is 39.2 Å². The predicted molar refractivity (Wildman–Crippen MR) is 102 cm³/mol. The van der Waals surface area contributed by atoms with E-state index in [0.717, 1.165) is 15.7 Å². The molecule has 0 bridgehead atoms. The fourth-order valence-electron chi connectivity index (χ4n) is 2.76. The van der Waals surface area contributed by atoms with Crippen molar-refractivity contribution in [3.05, 3.63) is 40.3 Å². The highest BCUT2D eigenvalue weighted by Crippen LogP contribution is 2.37. The van der Waals surface area contributed by atoms with Crippen molar-refractivity contribution in [3.8, 4) is 0 Å². The molecule has 8 heteroatoms. The van der Waals surface area contributed by atoms with Crippen molar-refractivity contribution in [1.82, 2.24) is 14.8 Å². The van der Waals surface area contributed by atoms with Crippen molar-refractivity contribution < 1.29 is 13.9 Å². The lowest BCUT2D eigenvalue weighted by Crippen LogP contribution is -2.05. The van der Waals surface area contributed by atoms with E-state index in [1.807, 2.05) is 17.7 Å². The number of aromatic nitrogens is 3. The Bertz CT molecular complexity index is 949. The van der Waals surface area contributed by atoms with Gasteiger partial charge in [-0.05, 0) is 24.6 Å². The number of carbonyl (C=O) groups excluding carboxylic acids is 1. The molecule has 0 N–H and O–H groups in total. The minimum Gasteiger partial charge on any atom is -0.462 e. The van der Waals surface area contributed by atoms with Gasteiger partial charge in [-0.25, -0.2) is 9.18 Å². The van der Waals surface area contributed by atoms with Crippen LogP contribution in [0.2, 0.25) is 0 Å². The van der Waals surface area contributed by atoms with Gasteiger partial charge in [0.2, 0.25) is 0 Å². The number of nitrogens with zero attached hydrogens (tertiary/aromatic N) is 3.